The van der Waals surface area contributed by atoms with E-state index < -0.39 is 6.10 Å². The Hall–Kier alpha value is -2.55. The molecular weight excluding hydrogens is 418 g/mol. The third-order valence-corrected chi connectivity index (χ3v) is 7.01. The van der Waals surface area contributed by atoms with Crippen LogP contribution in [0.4, 0.5) is 4.79 Å². The predicted molar refractivity (Wildman–Crippen MR) is 124 cm³/mol. The number of β-amino-alcohol motifs (C(OH)–C–C–N with tert-alkyl or cyclic N) is 1. The van der Waals surface area contributed by atoms with Gasteiger partial charge in [-0.15, -0.1) is 0 Å². The summed E-state index contributed by atoms with van der Waals surface area (Å²) >= 11 is 0. The van der Waals surface area contributed by atoms with Crippen molar-refractivity contribution in [2.45, 2.75) is 44.4 Å². The third-order valence-electron chi connectivity index (χ3n) is 7.01. The van der Waals surface area contributed by atoms with Crippen LogP contribution >= 0.6 is 0 Å². The minimum absolute atomic E-state index is 0.0339. The predicted octanol–water partition coefficient (Wildman–Crippen LogP) is 2.03. The Morgan fingerprint density at radius 3 is 2.58 bits per heavy atom. The standard InChI is InChI=1S/C25H33N5O3/c31-23(17-28-8-5-19-3-1-2-4-21(19)15-28)18-30-10-9-29(25(30)32)16-22-13-27-24(14-26-22)20-6-11-33-12-7-20/h1-4,13-14,20,23,31H,5-12,15-18H2. The van der Waals surface area contributed by atoms with Crippen molar-refractivity contribution in [3.63, 3.8) is 0 Å². The Bertz CT molecular complexity index is 947. The number of aliphatic hydroxyl groups excluding tert-OH is 1. The quantitative estimate of drug-likeness (QED) is 0.694. The summed E-state index contributed by atoms with van der Waals surface area (Å²) < 4.78 is 5.42. The monoisotopic (exact) mass is 451 g/mol. The Kier molecular flexibility index (Phi) is 6.85. The van der Waals surface area contributed by atoms with Crippen molar-refractivity contribution in [1.29, 1.82) is 0 Å². The van der Waals surface area contributed by atoms with Crippen LogP contribution in [-0.4, -0.2) is 87.8 Å². The topological polar surface area (TPSA) is 82.0 Å². The summed E-state index contributed by atoms with van der Waals surface area (Å²) in [6, 6.07) is 8.46. The second kappa shape index (κ2) is 10.2. The summed E-state index contributed by atoms with van der Waals surface area (Å²) in [7, 11) is 0. The number of fused-ring (bicyclic) bond motifs is 1. The van der Waals surface area contributed by atoms with Crippen molar-refractivity contribution < 1.29 is 14.6 Å². The molecule has 1 atom stereocenters. The zero-order valence-electron chi connectivity index (χ0n) is 19.1. The van der Waals surface area contributed by atoms with Crippen molar-refractivity contribution in [1.82, 2.24) is 24.7 Å². The molecule has 5 rings (SSSR count). The lowest BCUT2D eigenvalue weighted by atomic mass is 9.97. The van der Waals surface area contributed by atoms with Gasteiger partial charge in [-0.1, -0.05) is 24.3 Å². The largest absolute Gasteiger partial charge is 0.390 e. The van der Waals surface area contributed by atoms with E-state index in [1.807, 2.05) is 6.20 Å². The molecule has 176 valence electrons. The molecule has 0 radical (unpaired) electrons. The lowest BCUT2D eigenvalue weighted by Crippen LogP contribution is -2.43. The minimum Gasteiger partial charge on any atom is -0.390 e. The van der Waals surface area contributed by atoms with Crippen molar-refractivity contribution >= 4 is 6.03 Å². The Labute approximate surface area is 195 Å². The molecular formula is C25H33N5O3. The number of amides is 2. The minimum atomic E-state index is -0.558. The molecule has 0 spiro atoms. The van der Waals surface area contributed by atoms with Gasteiger partial charge in [-0.3, -0.25) is 14.9 Å². The van der Waals surface area contributed by atoms with Crippen LogP contribution in [0.1, 0.15) is 41.3 Å². The molecule has 2 amide bonds. The van der Waals surface area contributed by atoms with E-state index in [0.717, 1.165) is 57.0 Å². The Balaban J connectivity index is 1.10. The zero-order valence-corrected chi connectivity index (χ0v) is 19.1. The molecule has 3 aliphatic rings. The molecule has 8 nitrogen and oxygen atoms in total. The van der Waals surface area contributed by atoms with Crippen molar-refractivity contribution in [2.75, 3.05) is 45.9 Å². The highest BCUT2D eigenvalue weighted by atomic mass is 16.5. The number of carbonyl (C=O) groups excluding carboxylic acids is 1. The van der Waals surface area contributed by atoms with Gasteiger partial charge in [0.05, 0.1) is 30.2 Å². The van der Waals surface area contributed by atoms with Crippen LogP contribution < -0.4 is 0 Å². The summed E-state index contributed by atoms with van der Waals surface area (Å²) in [5, 5.41) is 10.7. The summed E-state index contributed by atoms with van der Waals surface area (Å²) in [6.45, 7) is 6.03. The fourth-order valence-electron chi connectivity index (χ4n) is 5.12. The number of carbonyl (C=O) groups is 1. The third kappa shape index (κ3) is 5.34. The first-order chi connectivity index (χ1) is 16.2. The highest BCUT2D eigenvalue weighted by Gasteiger charge is 2.31. The van der Waals surface area contributed by atoms with E-state index in [1.54, 1.807) is 16.0 Å². The normalized spacial score (nSPS) is 20.8. The molecule has 4 heterocycles. The Morgan fingerprint density at radius 1 is 1.00 bits per heavy atom. The van der Waals surface area contributed by atoms with Gasteiger partial charge < -0.3 is 19.6 Å². The smallest absolute Gasteiger partial charge is 0.320 e. The fraction of sp³-hybridized carbons (Fsp3) is 0.560. The van der Waals surface area contributed by atoms with Gasteiger partial charge in [0.2, 0.25) is 0 Å². The molecule has 2 saturated heterocycles. The molecule has 2 fully saturated rings. The maximum Gasteiger partial charge on any atom is 0.320 e. The van der Waals surface area contributed by atoms with Gasteiger partial charge in [-0.05, 0) is 30.4 Å². The van der Waals surface area contributed by atoms with Crippen LogP contribution in [0.2, 0.25) is 0 Å². The van der Waals surface area contributed by atoms with E-state index in [4.69, 9.17) is 4.74 Å². The van der Waals surface area contributed by atoms with Gasteiger partial charge in [0.15, 0.2) is 0 Å². The number of rotatable bonds is 7. The molecule has 1 aromatic carbocycles. The van der Waals surface area contributed by atoms with Gasteiger partial charge in [0, 0.05) is 64.6 Å². The fourth-order valence-corrected chi connectivity index (χ4v) is 5.12. The SMILES string of the molecule is O=C1N(Cc2cnc(C3CCOCC3)cn2)CCN1CC(O)CN1CCc2ccccc2C1. The first kappa shape index (κ1) is 22.3. The lowest BCUT2D eigenvalue weighted by molar-refractivity contribution is 0.0811. The first-order valence-corrected chi connectivity index (χ1v) is 12.1. The van der Waals surface area contributed by atoms with Gasteiger partial charge in [0.25, 0.3) is 0 Å². The maximum absolute atomic E-state index is 12.9. The van der Waals surface area contributed by atoms with Gasteiger partial charge in [-0.25, -0.2) is 4.79 Å². The van der Waals surface area contributed by atoms with Crippen LogP contribution in [0.5, 0.6) is 0 Å². The average molecular weight is 452 g/mol. The number of urea groups is 1. The number of aliphatic hydroxyl groups is 1. The molecule has 8 heteroatoms. The summed E-state index contributed by atoms with van der Waals surface area (Å²) in [4.78, 5) is 27.9. The van der Waals surface area contributed by atoms with Gasteiger partial charge in [-0.2, -0.15) is 0 Å². The van der Waals surface area contributed by atoms with Crippen LogP contribution in [0.25, 0.3) is 0 Å². The van der Waals surface area contributed by atoms with Crippen LogP contribution in [0.15, 0.2) is 36.7 Å². The average Bonchev–Trinajstić information content (AvgIpc) is 3.18. The second-order valence-corrected chi connectivity index (χ2v) is 9.38. The van der Waals surface area contributed by atoms with Crippen molar-refractivity contribution in [3.8, 4) is 0 Å². The number of hydrogen-bond acceptors (Lipinski definition) is 6. The van der Waals surface area contributed by atoms with E-state index in [-0.39, 0.29) is 6.03 Å². The zero-order chi connectivity index (χ0) is 22.6. The first-order valence-electron chi connectivity index (χ1n) is 12.1. The maximum atomic E-state index is 12.9. The highest BCUT2D eigenvalue weighted by Crippen LogP contribution is 2.25. The van der Waals surface area contributed by atoms with Crippen LogP contribution in [-0.2, 0) is 24.2 Å². The number of aromatic nitrogens is 2. The highest BCUT2D eigenvalue weighted by molar-refractivity contribution is 5.76. The molecule has 0 bridgehead atoms. The molecule has 0 saturated carbocycles. The molecule has 1 N–H and O–H groups in total. The summed E-state index contributed by atoms with van der Waals surface area (Å²) in [5.41, 5.74) is 4.55. The number of nitrogens with zero attached hydrogens (tertiary/aromatic N) is 5. The molecule has 1 unspecified atom stereocenters. The number of benzene rings is 1. The van der Waals surface area contributed by atoms with E-state index in [0.29, 0.717) is 38.6 Å². The summed E-state index contributed by atoms with van der Waals surface area (Å²) in [5.74, 6) is 0.416. The van der Waals surface area contributed by atoms with Crippen molar-refractivity contribution in [3.05, 3.63) is 59.2 Å². The van der Waals surface area contributed by atoms with Gasteiger partial charge in [0.1, 0.15) is 0 Å². The summed E-state index contributed by atoms with van der Waals surface area (Å²) in [6.07, 6.45) is 6.07. The van der Waals surface area contributed by atoms with E-state index in [2.05, 4.69) is 39.1 Å². The molecule has 33 heavy (non-hydrogen) atoms. The van der Waals surface area contributed by atoms with E-state index in [9.17, 15) is 9.90 Å². The number of ether oxygens (including phenoxy) is 1. The van der Waals surface area contributed by atoms with Crippen LogP contribution in [0, 0.1) is 0 Å². The van der Waals surface area contributed by atoms with E-state index >= 15 is 0 Å². The van der Waals surface area contributed by atoms with Crippen molar-refractivity contribution in [2.24, 2.45) is 0 Å². The lowest BCUT2D eigenvalue weighted by Gasteiger charge is -2.31. The Morgan fingerprint density at radius 2 is 1.79 bits per heavy atom. The molecule has 3 aliphatic heterocycles. The van der Waals surface area contributed by atoms with E-state index in [1.165, 1.54) is 11.1 Å². The van der Waals surface area contributed by atoms with Crippen LogP contribution in [0.3, 0.4) is 0 Å². The second-order valence-electron chi connectivity index (χ2n) is 9.38. The number of hydrogen-bond donors (Lipinski definition) is 1. The molecule has 0 aliphatic carbocycles. The molecule has 2 aromatic rings. The van der Waals surface area contributed by atoms with Gasteiger partial charge >= 0.3 is 6.03 Å². The molecule has 1 aromatic heterocycles.